The molecule has 1 aromatic carbocycles. The number of methoxy groups -OCH3 is 1. The molecule has 0 spiro atoms. The van der Waals surface area contributed by atoms with Crippen LogP contribution >= 0.6 is 0 Å². The molecule has 3 rings (SSSR count). The van der Waals surface area contributed by atoms with E-state index in [0.29, 0.717) is 18.2 Å². The molecule has 2 aromatic rings. The molecule has 1 aliphatic rings. The Bertz CT molecular complexity index is 753. The highest BCUT2D eigenvalue weighted by Crippen LogP contribution is 2.15. The summed E-state index contributed by atoms with van der Waals surface area (Å²) in [6.07, 6.45) is 5.39. The lowest BCUT2D eigenvalue weighted by Crippen LogP contribution is -2.32. The number of carbonyl (C=O) groups is 1. The minimum Gasteiger partial charge on any atom is -0.497 e. The van der Waals surface area contributed by atoms with Crippen molar-refractivity contribution < 1.29 is 9.53 Å². The van der Waals surface area contributed by atoms with Crippen LogP contribution < -0.4 is 10.1 Å². The quantitative estimate of drug-likeness (QED) is 0.846. The number of nitrogens with one attached hydrogen (secondary N) is 1. The molecule has 1 N–H and O–H groups in total. The lowest BCUT2D eigenvalue weighted by atomic mass is 10.1. The van der Waals surface area contributed by atoms with E-state index in [1.165, 1.54) is 18.4 Å². The van der Waals surface area contributed by atoms with Gasteiger partial charge in [-0.2, -0.15) is 0 Å². The van der Waals surface area contributed by atoms with Crippen molar-refractivity contribution in [3.8, 4) is 5.75 Å². The summed E-state index contributed by atoms with van der Waals surface area (Å²) in [4.78, 5) is 23.6. The third-order valence-electron chi connectivity index (χ3n) is 4.82. The number of aromatic nitrogens is 2. The zero-order valence-electron chi connectivity index (χ0n) is 16.2. The van der Waals surface area contributed by atoms with Gasteiger partial charge in [-0.1, -0.05) is 25.0 Å². The van der Waals surface area contributed by atoms with Gasteiger partial charge in [-0.3, -0.25) is 4.79 Å². The Kier molecular flexibility index (Phi) is 6.63. The average molecular weight is 368 g/mol. The molecule has 0 unspecified atom stereocenters. The van der Waals surface area contributed by atoms with Crippen molar-refractivity contribution in [1.82, 2.24) is 14.9 Å². The lowest BCUT2D eigenvalue weighted by Gasteiger charge is -2.20. The third-order valence-corrected chi connectivity index (χ3v) is 4.82. The first-order chi connectivity index (χ1) is 13.2. The summed E-state index contributed by atoms with van der Waals surface area (Å²) in [6.45, 7) is 4.24. The van der Waals surface area contributed by atoms with Crippen LogP contribution in [0.1, 0.15) is 47.4 Å². The monoisotopic (exact) mass is 368 g/mol. The highest BCUT2D eigenvalue weighted by Gasteiger charge is 2.19. The summed E-state index contributed by atoms with van der Waals surface area (Å²) in [5, 5.41) is 3.25. The molecule has 144 valence electrons. The number of amides is 1. The first-order valence-electron chi connectivity index (χ1n) is 9.67. The molecule has 1 fully saturated rings. The Morgan fingerprint density at radius 1 is 1.11 bits per heavy atom. The minimum atomic E-state index is 0.0144. The van der Waals surface area contributed by atoms with Crippen LogP contribution in [0, 0.1) is 6.92 Å². The Labute approximate surface area is 161 Å². The molecule has 1 saturated heterocycles. The number of anilines is 1. The Morgan fingerprint density at radius 3 is 2.48 bits per heavy atom. The number of rotatable bonds is 6. The van der Waals surface area contributed by atoms with Crippen molar-refractivity contribution in [3.63, 3.8) is 0 Å². The van der Waals surface area contributed by atoms with Gasteiger partial charge in [0.25, 0.3) is 5.91 Å². The number of hydrogen-bond donors (Lipinski definition) is 1. The lowest BCUT2D eigenvalue weighted by molar-refractivity contribution is 0.0755. The number of hydrogen-bond acceptors (Lipinski definition) is 5. The Hall–Kier alpha value is -2.63. The molecule has 2 heterocycles. The summed E-state index contributed by atoms with van der Waals surface area (Å²) in [6, 6.07) is 9.78. The van der Waals surface area contributed by atoms with E-state index in [0.717, 1.165) is 43.8 Å². The molecule has 1 aromatic heterocycles. The predicted octanol–water partition coefficient (Wildman–Crippen LogP) is 3.46. The number of nitrogens with zero attached hydrogens (tertiary/aromatic N) is 3. The highest BCUT2D eigenvalue weighted by atomic mass is 16.5. The fraction of sp³-hybridized carbons (Fsp3) is 0.476. The van der Waals surface area contributed by atoms with E-state index in [2.05, 4.69) is 15.3 Å². The van der Waals surface area contributed by atoms with Gasteiger partial charge in [0.05, 0.1) is 7.11 Å². The van der Waals surface area contributed by atoms with Crippen molar-refractivity contribution in [2.24, 2.45) is 0 Å². The number of aryl methyl sites for hydroxylation is 1. The standard InChI is InChI=1S/C21H28N4O2/c1-16-15-19(20(26)25-13-5-3-4-6-14-25)24-21(23-16)22-12-11-17-7-9-18(27-2)10-8-17/h7-10,15H,3-6,11-14H2,1-2H3,(H,22,23,24). The average Bonchev–Trinajstić information content (AvgIpc) is 2.97. The number of benzene rings is 1. The third kappa shape index (κ3) is 5.42. The summed E-state index contributed by atoms with van der Waals surface area (Å²) < 4.78 is 5.18. The minimum absolute atomic E-state index is 0.0144. The van der Waals surface area contributed by atoms with Gasteiger partial charge in [0.1, 0.15) is 11.4 Å². The Balaban J connectivity index is 1.61. The summed E-state index contributed by atoms with van der Waals surface area (Å²) >= 11 is 0. The normalized spacial score (nSPS) is 14.5. The van der Waals surface area contributed by atoms with Gasteiger partial charge in [-0.25, -0.2) is 9.97 Å². The Morgan fingerprint density at radius 2 is 1.81 bits per heavy atom. The van der Waals surface area contributed by atoms with Gasteiger partial charge >= 0.3 is 0 Å². The van der Waals surface area contributed by atoms with E-state index in [4.69, 9.17) is 4.74 Å². The summed E-state index contributed by atoms with van der Waals surface area (Å²) in [5.41, 5.74) is 2.49. The molecule has 0 saturated carbocycles. The zero-order chi connectivity index (χ0) is 19.1. The van der Waals surface area contributed by atoms with E-state index in [-0.39, 0.29) is 5.91 Å². The number of likely N-dealkylation sites (tertiary alicyclic amines) is 1. The molecule has 27 heavy (non-hydrogen) atoms. The molecule has 1 amide bonds. The maximum atomic E-state index is 12.8. The van der Waals surface area contributed by atoms with Crippen LogP contribution in [0.15, 0.2) is 30.3 Å². The molecule has 0 bridgehead atoms. The molecule has 6 heteroatoms. The maximum Gasteiger partial charge on any atom is 0.272 e. The number of ether oxygens (including phenoxy) is 1. The second-order valence-corrected chi connectivity index (χ2v) is 6.95. The molecule has 1 aliphatic heterocycles. The molecule has 0 radical (unpaired) electrons. The van der Waals surface area contributed by atoms with E-state index >= 15 is 0 Å². The SMILES string of the molecule is COc1ccc(CCNc2nc(C)cc(C(=O)N3CCCCCC3)n2)cc1. The van der Waals surface area contributed by atoms with E-state index in [1.54, 1.807) is 13.2 Å². The van der Waals surface area contributed by atoms with Crippen molar-refractivity contribution in [3.05, 3.63) is 47.3 Å². The first kappa shape index (κ1) is 19.1. The van der Waals surface area contributed by atoms with Crippen LogP contribution in [-0.4, -0.2) is 47.5 Å². The number of carbonyl (C=O) groups excluding carboxylic acids is 1. The molecule has 0 aliphatic carbocycles. The van der Waals surface area contributed by atoms with Gasteiger partial charge in [-0.05, 0) is 49.9 Å². The van der Waals surface area contributed by atoms with Gasteiger partial charge in [-0.15, -0.1) is 0 Å². The van der Waals surface area contributed by atoms with E-state index < -0.39 is 0 Å². The van der Waals surface area contributed by atoms with Gasteiger partial charge in [0.2, 0.25) is 5.95 Å². The molecule has 0 atom stereocenters. The summed E-state index contributed by atoms with van der Waals surface area (Å²) in [7, 11) is 1.66. The molecular formula is C21H28N4O2. The molecular weight excluding hydrogens is 340 g/mol. The second kappa shape index (κ2) is 9.35. The van der Waals surface area contributed by atoms with Crippen LogP contribution in [0.25, 0.3) is 0 Å². The fourth-order valence-corrected chi connectivity index (χ4v) is 3.30. The highest BCUT2D eigenvalue weighted by molar-refractivity contribution is 5.92. The van der Waals surface area contributed by atoms with Gasteiger partial charge < -0.3 is 15.0 Å². The van der Waals surface area contributed by atoms with Crippen LogP contribution in [-0.2, 0) is 6.42 Å². The smallest absolute Gasteiger partial charge is 0.272 e. The van der Waals surface area contributed by atoms with Gasteiger partial charge in [0, 0.05) is 25.3 Å². The van der Waals surface area contributed by atoms with E-state index in [1.807, 2.05) is 36.1 Å². The molecule has 6 nitrogen and oxygen atoms in total. The zero-order valence-corrected chi connectivity index (χ0v) is 16.2. The van der Waals surface area contributed by atoms with Crippen LogP contribution in [0.2, 0.25) is 0 Å². The van der Waals surface area contributed by atoms with Crippen molar-refractivity contribution in [2.75, 3.05) is 32.1 Å². The van der Waals surface area contributed by atoms with Crippen LogP contribution in [0.5, 0.6) is 5.75 Å². The topological polar surface area (TPSA) is 67.3 Å². The van der Waals surface area contributed by atoms with Gasteiger partial charge in [0.15, 0.2) is 0 Å². The van der Waals surface area contributed by atoms with Crippen LogP contribution in [0.3, 0.4) is 0 Å². The summed E-state index contributed by atoms with van der Waals surface area (Å²) in [5.74, 6) is 1.38. The van der Waals surface area contributed by atoms with Crippen LogP contribution in [0.4, 0.5) is 5.95 Å². The largest absolute Gasteiger partial charge is 0.497 e. The van der Waals surface area contributed by atoms with Crippen molar-refractivity contribution in [1.29, 1.82) is 0 Å². The first-order valence-corrected chi connectivity index (χ1v) is 9.67. The van der Waals surface area contributed by atoms with Crippen molar-refractivity contribution >= 4 is 11.9 Å². The second-order valence-electron chi connectivity index (χ2n) is 6.95. The predicted molar refractivity (Wildman–Crippen MR) is 106 cm³/mol. The fourth-order valence-electron chi connectivity index (χ4n) is 3.30. The van der Waals surface area contributed by atoms with E-state index in [9.17, 15) is 4.79 Å². The maximum absolute atomic E-state index is 12.8. The van der Waals surface area contributed by atoms with Crippen molar-refractivity contribution in [2.45, 2.75) is 39.0 Å².